The van der Waals surface area contributed by atoms with Crippen molar-refractivity contribution in [3.63, 3.8) is 0 Å². The molecule has 122 valence electrons. The molecular formula is C18H16N2O3S. The molecular weight excluding hydrogens is 324 g/mol. The molecule has 0 bridgehead atoms. The van der Waals surface area contributed by atoms with Crippen molar-refractivity contribution >= 4 is 17.5 Å². The summed E-state index contributed by atoms with van der Waals surface area (Å²) < 4.78 is 10.7. The Hall–Kier alpha value is -2.60. The zero-order chi connectivity index (χ0) is 16.9. The van der Waals surface area contributed by atoms with Gasteiger partial charge in [-0.05, 0) is 31.2 Å². The first-order valence-corrected chi connectivity index (χ1v) is 8.35. The van der Waals surface area contributed by atoms with E-state index in [1.807, 2.05) is 55.5 Å². The molecule has 0 fully saturated rings. The van der Waals surface area contributed by atoms with Gasteiger partial charge in [0.25, 0.3) is 5.22 Å². The number of hydrogen-bond acceptors (Lipinski definition) is 6. The van der Waals surface area contributed by atoms with Crippen LogP contribution in [0.2, 0.25) is 0 Å². The lowest BCUT2D eigenvalue weighted by atomic mass is 10.1. The highest BCUT2D eigenvalue weighted by atomic mass is 32.2. The van der Waals surface area contributed by atoms with Crippen LogP contribution in [-0.4, -0.2) is 28.8 Å². The van der Waals surface area contributed by atoms with E-state index in [1.54, 1.807) is 7.11 Å². The van der Waals surface area contributed by atoms with Crippen molar-refractivity contribution in [2.24, 2.45) is 0 Å². The first-order valence-electron chi connectivity index (χ1n) is 7.36. The second-order valence-electron chi connectivity index (χ2n) is 5.18. The second kappa shape index (κ2) is 7.31. The summed E-state index contributed by atoms with van der Waals surface area (Å²) in [6.07, 6.45) is 0. The third-order valence-electron chi connectivity index (χ3n) is 3.44. The zero-order valence-corrected chi connectivity index (χ0v) is 14.2. The molecule has 3 rings (SSSR count). The Morgan fingerprint density at radius 1 is 1.08 bits per heavy atom. The van der Waals surface area contributed by atoms with Crippen LogP contribution in [-0.2, 0) is 0 Å². The van der Waals surface area contributed by atoms with Crippen LogP contribution in [0.25, 0.3) is 11.5 Å². The van der Waals surface area contributed by atoms with Crippen molar-refractivity contribution in [3.05, 3.63) is 59.7 Å². The fraction of sp³-hybridized carbons (Fsp3) is 0.167. The van der Waals surface area contributed by atoms with Crippen molar-refractivity contribution in [1.82, 2.24) is 10.2 Å². The molecule has 0 aliphatic heterocycles. The molecule has 24 heavy (non-hydrogen) atoms. The third kappa shape index (κ3) is 3.83. The van der Waals surface area contributed by atoms with Crippen LogP contribution in [0.1, 0.15) is 15.9 Å². The van der Waals surface area contributed by atoms with Gasteiger partial charge in [0, 0.05) is 11.1 Å². The molecule has 2 aromatic carbocycles. The molecule has 1 aromatic heterocycles. The van der Waals surface area contributed by atoms with E-state index in [0.29, 0.717) is 16.7 Å². The minimum Gasteiger partial charge on any atom is -0.497 e. The minimum atomic E-state index is 0.0317. The lowest BCUT2D eigenvalue weighted by Gasteiger charge is -2.00. The van der Waals surface area contributed by atoms with Gasteiger partial charge >= 0.3 is 0 Å². The van der Waals surface area contributed by atoms with Gasteiger partial charge in [-0.2, -0.15) is 0 Å². The van der Waals surface area contributed by atoms with E-state index in [9.17, 15) is 4.79 Å². The Labute approximate surface area is 144 Å². The van der Waals surface area contributed by atoms with Crippen molar-refractivity contribution in [2.75, 3.05) is 12.9 Å². The summed E-state index contributed by atoms with van der Waals surface area (Å²) in [6.45, 7) is 1.99. The molecule has 1 heterocycles. The quantitative estimate of drug-likeness (QED) is 0.499. The highest BCUT2D eigenvalue weighted by Gasteiger charge is 2.12. The Morgan fingerprint density at radius 3 is 2.46 bits per heavy atom. The van der Waals surface area contributed by atoms with Gasteiger partial charge in [0.15, 0.2) is 5.78 Å². The number of ether oxygens (including phenoxy) is 1. The molecule has 0 aliphatic rings. The molecule has 0 spiro atoms. The summed E-state index contributed by atoms with van der Waals surface area (Å²) in [6, 6.07) is 14.8. The van der Waals surface area contributed by atoms with Crippen LogP contribution >= 0.6 is 11.8 Å². The Morgan fingerprint density at radius 2 is 1.79 bits per heavy atom. The molecule has 0 aliphatic carbocycles. The first-order chi connectivity index (χ1) is 11.7. The predicted octanol–water partition coefficient (Wildman–Crippen LogP) is 4.03. The van der Waals surface area contributed by atoms with Crippen LogP contribution < -0.4 is 4.74 Å². The third-order valence-corrected chi connectivity index (χ3v) is 4.26. The SMILES string of the molecule is COc1ccc(-c2nnc(SCC(=O)c3ccc(C)cc3)o2)cc1. The smallest absolute Gasteiger partial charge is 0.277 e. The van der Waals surface area contributed by atoms with Gasteiger partial charge in [0.05, 0.1) is 12.9 Å². The van der Waals surface area contributed by atoms with E-state index in [-0.39, 0.29) is 11.5 Å². The van der Waals surface area contributed by atoms with Gasteiger partial charge in [-0.25, -0.2) is 0 Å². The predicted molar refractivity (Wildman–Crippen MR) is 92.5 cm³/mol. The zero-order valence-electron chi connectivity index (χ0n) is 13.4. The lowest BCUT2D eigenvalue weighted by molar-refractivity contribution is 0.102. The van der Waals surface area contributed by atoms with Crippen LogP contribution in [0.5, 0.6) is 5.75 Å². The number of carbonyl (C=O) groups excluding carboxylic acids is 1. The van der Waals surface area contributed by atoms with Crippen molar-refractivity contribution < 1.29 is 13.9 Å². The topological polar surface area (TPSA) is 65.2 Å². The van der Waals surface area contributed by atoms with E-state index in [1.165, 1.54) is 11.8 Å². The number of thioether (sulfide) groups is 1. The van der Waals surface area contributed by atoms with Crippen LogP contribution in [0, 0.1) is 6.92 Å². The van der Waals surface area contributed by atoms with Gasteiger partial charge in [-0.15, -0.1) is 10.2 Å². The molecule has 0 radical (unpaired) electrons. The monoisotopic (exact) mass is 340 g/mol. The molecule has 0 amide bonds. The van der Waals surface area contributed by atoms with Gasteiger partial charge in [0.1, 0.15) is 5.75 Å². The largest absolute Gasteiger partial charge is 0.497 e. The van der Waals surface area contributed by atoms with E-state index in [4.69, 9.17) is 9.15 Å². The molecule has 0 N–H and O–H groups in total. The molecule has 3 aromatic rings. The van der Waals surface area contributed by atoms with E-state index >= 15 is 0 Å². The summed E-state index contributed by atoms with van der Waals surface area (Å²) in [5.74, 6) is 1.47. The lowest BCUT2D eigenvalue weighted by Crippen LogP contribution is -2.02. The maximum atomic E-state index is 12.2. The number of aryl methyl sites for hydroxylation is 1. The molecule has 0 saturated heterocycles. The fourth-order valence-corrected chi connectivity index (χ4v) is 2.73. The number of methoxy groups -OCH3 is 1. The summed E-state index contributed by atoms with van der Waals surface area (Å²) in [4.78, 5) is 12.2. The highest BCUT2D eigenvalue weighted by molar-refractivity contribution is 7.99. The molecule has 0 atom stereocenters. The average Bonchev–Trinajstić information content (AvgIpc) is 3.09. The number of carbonyl (C=O) groups is 1. The molecule has 0 unspecified atom stereocenters. The van der Waals surface area contributed by atoms with E-state index in [2.05, 4.69) is 10.2 Å². The van der Waals surface area contributed by atoms with E-state index < -0.39 is 0 Å². The Kier molecular flexibility index (Phi) is 4.96. The van der Waals surface area contributed by atoms with Crippen molar-refractivity contribution in [2.45, 2.75) is 12.1 Å². The van der Waals surface area contributed by atoms with Crippen molar-refractivity contribution in [1.29, 1.82) is 0 Å². The molecule has 5 nitrogen and oxygen atoms in total. The van der Waals surface area contributed by atoms with Gasteiger partial charge in [0.2, 0.25) is 5.89 Å². The number of rotatable bonds is 6. The number of aromatic nitrogens is 2. The van der Waals surface area contributed by atoms with E-state index in [0.717, 1.165) is 16.9 Å². The van der Waals surface area contributed by atoms with Crippen LogP contribution in [0.3, 0.4) is 0 Å². The Bertz CT molecular complexity index is 826. The molecule has 6 heteroatoms. The minimum absolute atomic E-state index is 0.0317. The summed E-state index contributed by atoms with van der Waals surface area (Å²) in [5, 5.41) is 8.37. The second-order valence-corrected chi connectivity index (χ2v) is 6.11. The number of nitrogens with zero attached hydrogens (tertiary/aromatic N) is 2. The van der Waals surface area contributed by atoms with Gasteiger partial charge in [-0.1, -0.05) is 41.6 Å². The van der Waals surface area contributed by atoms with Gasteiger partial charge in [-0.3, -0.25) is 4.79 Å². The highest BCUT2D eigenvalue weighted by Crippen LogP contribution is 2.25. The maximum Gasteiger partial charge on any atom is 0.277 e. The molecule has 0 saturated carbocycles. The number of benzene rings is 2. The fourth-order valence-electron chi connectivity index (χ4n) is 2.07. The first kappa shape index (κ1) is 16.3. The normalized spacial score (nSPS) is 10.6. The summed E-state index contributed by atoms with van der Waals surface area (Å²) in [7, 11) is 1.61. The number of hydrogen-bond donors (Lipinski definition) is 0. The van der Waals surface area contributed by atoms with Crippen molar-refractivity contribution in [3.8, 4) is 17.2 Å². The number of Topliss-reactive ketones (excluding diaryl/α,β-unsaturated/α-hetero) is 1. The summed E-state index contributed by atoms with van der Waals surface area (Å²) in [5.41, 5.74) is 2.61. The Balaban J connectivity index is 1.63. The standard InChI is InChI=1S/C18H16N2O3S/c1-12-3-5-13(6-4-12)16(21)11-24-18-20-19-17(23-18)14-7-9-15(22-2)10-8-14/h3-10H,11H2,1-2H3. The van der Waals surface area contributed by atoms with Gasteiger partial charge < -0.3 is 9.15 Å². The maximum absolute atomic E-state index is 12.2. The van der Waals surface area contributed by atoms with Crippen LogP contribution in [0.4, 0.5) is 0 Å². The average molecular weight is 340 g/mol. The van der Waals surface area contributed by atoms with Crippen LogP contribution in [0.15, 0.2) is 58.2 Å². The number of ketones is 1. The summed E-state index contributed by atoms with van der Waals surface area (Å²) >= 11 is 1.24.